The topological polar surface area (TPSA) is 80.1 Å². The fourth-order valence-corrected chi connectivity index (χ4v) is 3.34. The Balaban J connectivity index is 1.61. The predicted molar refractivity (Wildman–Crippen MR) is 98.5 cm³/mol. The molecule has 2 aromatic rings. The zero-order chi connectivity index (χ0) is 18.5. The van der Waals surface area contributed by atoms with Gasteiger partial charge in [0.15, 0.2) is 0 Å². The van der Waals surface area contributed by atoms with Crippen LogP contribution >= 0.6 is 0 Å². The Morgan fingerprint density at radius 3 is 2.96 bits per heavy atom. The summed E-state index contributed by atoms with van der Waals surface area (Å²) in [6.07, 6.45) is 5.99. The number of hydrogen-bond acceptors (Lipinski definition) is 5. The van der Waals surface area contributed by atoms with Crippen molar-refractivity contribution in [3.63, 3.8) is 0 Å². The Morgan fingerprint density at radius 2 is 2.23 bits per heavy atom. The summed E-state index contributed by atoms with van der Waals surface area (Å²) in [5.74, 6) is 0.658. The summed E-state index contributed by atoms with van der Waals surface area (Å²) >= 11 is 0. The van der Waals surface area contributed by atoms with E-state index in [-0.39, 0.29) is 23.9 Å². The van der Waals surface area contributed by atoms with Crippen LogP contribution in [0.2, 0.25) is 0 Å². The second-order valence-corrected chi connectivity index (χ2v) is 6.73. The first-order valence-electron chi connectivity index (χ1n) is 8.99. The molecule has 0 aliphatic carbocycles. The number of amides is 1. The van der Waals surface area contributed by atoms with E-state index in [9.17, 15) is 9.59 Å². The van der Waals surface area contributed by atoms with E-state index in [4.69, 9.17) is 0 Å². The second-order valence-electron chi connectivity index (χ2n) is 6.73. The summed E-state index contributed by atoms with van der Waals surface area (Å²) in [5.41, 5.74) is 1.87. The third-order valence-electron chi connectivity index (χ3n) is 4.81. The Kier molecular flexibility index (Phi) is 5.78. The highest BCUT2D eigenvalue weighted by Gasteiger charge is 2.26. The summed E-state index contributed by atoms with van der Waals surface area (Å²) in [5, 5.41) is 2.93. The molecular weight excluding hydrogens is 330 g/mol. The molecule has 1 amide bonds. The Labute approximate surface area is 153 Å². The van der Waals surface area contributed by atoms with Crippen molar-refractivity contribution in [2.24, 2.45) is 0 Å². The molecule has 0 radical (unpaired) electrons. The zero-order valence-corrected chi connectivity index (χ0v) is 15.3. The highest BCUT2D eigenvalue weighted by molar-refractivity contribution is 5.75. The highest BCUT2D eigenvalue weighted by Crippen LogP contribution is 2.30. The van der Waals surface area contributed by atoms with E-state index in [1.54, 1.807) is 18.3 Å². The van der Waals surface area contributed by atoms with E-state index in [1.807, 2.05) is 13.1 Å². The van der Waals surface area contributed by atoms with Crippen LogP contribution in [0.3, 0.4) is 0 Å². The fourth-order valence-electron chi connectivity index (χ4n) is 3.34. The van der Waals surface area contributed by atoms with Crippen LogP contribution in [0.5, 0.6) is 0 Å². The number of hydrogen-bond donors (Lipinski definition) is 1. The first kappa shape index (κ1) is 18.3. The summed E-state index contributed by atoms with van der Waals surface area (Å²) in [6.45, 7) is 3.72. The second kappa shape index (κ2) is 8.23. The molecule has 1 aliphatic rings. The number of nitrogens with one attached hydrogen (secondary N) is 1. The molecule has 3 heterocycles. The summed E-state index contributed by atoms with van der Waals surface area (Å²) in [4.78, 5) is 35.1. The summed E-state index contributed by atoms with van der Waals surface area (Å²) in [6, 6.07) is 5.25. The molecule has 138 valence electrons. The Morgan fingerprint density at radius 1 is 1.38 bits per heavy atom. The van der Waals surface area contributed by atoms with E-state index in [0.717, 1.165) is 36.5 Å². The minimum atomic E-state index is -0.0983. The quantitative estimate of drug-likeness (QED) is 0.848. The molecule has 0 saturated carbocycles. The Bertz CT molecular complexity index is 833. The van der Waals surface area contributed by atoms with Crippen LogP contribution in [0, 0.1) is 6.92 Å². The maximum Gasteiger partial charge on any atom is 0.250 e. The van der Waals surface area contributed by atoms with Crippen LogP contribution in [-0.2, 0) is 17.9 Å². The molecule has 0 unspecified atom stereocenters. The minimum Gasteiger partial charge on any atom is -0.352 e. The van der Waals surface area contributed by atoms with Crippen molar-refractivity contribution in [2.75, 3.05) is 13.6 Å². The van der Waals surface area contributed by atoms with Crippen molar-refractivity contribution in [1.29, 1.82) is 0 Å². The van der Waals surface area contributed by atoms with Gasteiger partial charge in [-0.3, -0.25) is 14.5 Å². The van der Waals surface area contributed by atoms with Crippen LogP contribution in [-0.4, -0.2) is 38.9 Å². The summed E-state index contributed by atoms with van der Waals surface area (Å²) in [7, 11) is 2.11. The molecule has 1 fully saturated rings. The molecule has 26 heavy (non-hydrogen) atoms. The van der Waals surface area contributed by atoms with E-state index in [2.05, 4.69) is 27.2 Å². The molecule has 0 aromatic carbocycles. The van der Waals surface area contributed by atoms with Gasteiger partial charge in [-0.2, -0.15) is 0 Å². The number of likely N-dealkylation sites (tertiary alicyclic amines) is 1. The average Bonchev–Trinajstić information content (AvgIpc) is 3.05. The SMILES string of the molecule is Cc1ncc(CNC(=O)CCn2ccccc2=O)c([C@@H]2CCCN2C)n1. The van der Waals surface area contributed by atoms with Crippen LogP contribution < -0.4 is 10.9 Å². The number of carbonyl (C=O) groups excluding carboxylic acids is 1. The van der Waals surface area contributed by atoms with Gasteiger partial charge in [0, 0.05) is 43.5 Å². The van der Waals surface area contributed by atoms with Gasteiger partial charge in [0.2, 0.25) is 5.91 Å². The first-order valence-corrected chi connectivity index (χ1v) is 8.99. The molecule has 1 N–H and O–H groups in total. The van der Waals surface area contributed by atoms with Gasteiger partial charge in [0.1, 0.15) is 5.82 Å². The van der Waals surface area contributed by atoms with E-state index in [0.29, 0.717) is 13.1 Å². The molecule has 1 saturated heterocycles. The van der Waals surface area contributed by atoms with Crippen molar-refractivity contribution < 1.29 is 4.79 Å². The third kappa shape index (κ3) is 4.35. The molecule has 7 heteroatoms. The van der Waals surface area contributed by atoms with Crippen molar-refractivity contribution in [3.8, 4) is 0 Å². The average molecular weight is 355 g/mol. The van der Waals surface area contributed by atoms with Gasteiger partial charge in [0.25, 0.3) is 5.56 Å². The number of pyridine rings is 1. The lowest BCUT2D eigenvalue weighted by atomic mass is 10.1. The smallest absolute Gasteiger partial charge is 0.250 e. The zero-order valence-electron chi connectivity index (χ0n) is 15.3. The number of aromatic nitrogens is 3. The molecule has 1 atom stereocenters. The van der Waals surface area contributed by atoms with Gasteiger partial charge in [-0.05, 0) is 39.4 Å². The molecule has 1 aliphatic heterocycles. The van der Waals surface area contributed by atoms with Crippen LogP contribution in [0.25, 0.3) is 0 Å². The molecule has 0 spiro atoms. The fraction of sp³-hybridized carbons (Fsp3) is 0.474. The van der Waals surface area contributed by atoms with Crippen molar-refractivity contribution >= 4 is 5.91 Å². The molecule has 2 aromatic heterocycles. The van der Waals surface area contributed by atoms with Gasteiger partial charge in [0.05, 0.1) is 11.7 Å². The molecular formula is C19H25N5O2. The van der Waals surface area contributed by atoms with Gasteiger partial charge in [-0.15, -0.1) is 0 Å². The van der Waals surface area contributed by atoms with Gasteiger partial charge in [-0.25, -0.2) is 9.97 Å². The monoisotopic (exact) mass is 355 g/mol. The Hall–Kier alpha value is -2.54. The van der Waals surface area contributed by atoms with Crippen LogP contribution in [0.4, 0.5) is 0 Å². The lowest BCUT2D eigenvalue weighted by molar-refractivity contribution is -0.121. The van der Waals surface area contributed by atoms with Crippen LogP contribution in [0.1, 0.15) is 42.4 Å². The van der Waals surface area contributed by atoms with Gasteiger partial charge >= 0.3 is 0 Å². The lowest BCUT2D eigenvalue weighted by Gasteiger charge is -2.21. The predicted octanol–water partition coefficient (Wildman–Crippen LogP) is 1.42. The van der Waals surface area contributed by atoms with E-state index < -0.39 is 0 Å². The van der Waals surface area contributed by atoms with E-state index in [1.165, 1.54) is 10.6 Å². The maximum absolute atomic E-state index is 12.2. The number of rotatable bonds is 6. The lowest BCUT2D eigenvalue weighted by Crippen LogP contribution is -2.28. The highest BCUT2D eigenvalue weighted by atomic mass is 16.1. The minimum absolute atomic E-state index is 0.0907. The maximum atomic E-state index is 12.2. The number of carbonyl (C=O) groups is 1. The van der Waals surface area contributed by atoms with Crippen molar-refractivity contribution in [3.05, 3.63) is 58.0 Å². The van der Waals surface area contributed by atoms with Gasteiger partial charge < -0.3 is 9.88 Å². The normalized spacial score (nSPS) is 17.4. The van der Waals surface area contributed by atoms with Crippen molar-refractivity contribution in [2.45, 2.75) is 45.3 Å². The first-order chi connectivity index (χ1) is 12.5. The number of aryl methyl sites for hydroxylation is 2. The standard InChI is InChI=1S/C19H25N5O2/c1-14-20-12-15(19(22-14)16-6-5-9-23(16)2)13-21-17(25)8-11-24-10-4-3-7-18(24)26/h3-4,7,10,12,16H,5-6,8-9,11,13H2,1-2H3,(H,21,25)/t16-/m0/s1. The molecule has 0 bridgehead atoms. The number of nitrogens with zero attached hydrogens (tertiary/aromatic N) is 4. The largest absolute Gasteiger partial charge is 0.352 e. The summed E-state index contributed by atoms with van der Waals surface area (Å²) < 4.78 is 1.54. The molecule has 3 rings (SSSR count). The third-order valence-corrected chi connectivity index (χ3v) is 4.81. The van der Waals surface area contributed by atoms with E-state index >= 15 is 0 Å². The molecule has 7 nitrogen and oxygen atoms in total. The van der Waals surface area contributed by atoms with Gasteiger partial charge in [-0.1, -0.05) is 6.07 Å². The van der Waals surface area contributed by atoms with Crippen LogP contribution in [0.15, 0.2) is 35.4 Å². The van der Waals surface area contributed by atoms with Crippen molar-refractivity contribution in [1.82, 2.24) is 24.8 Å².